The first-order chi connectivity index (χ1) is 9.06. The number of carboxylic acids is 1. The lowest BCUT2D eigenvalue weighted by atomic mass is 9.96. The van der Waals surface area contributed by atoms with E-state index >= 15 is 0 Å². The van der Waals surface area contributed by atoms with Crippen LogP contribution >= 0.6 is 0 Å². The lowest BCUT2D eigenvalue weighted by Gasteiger charge is -2.39. The number of carbonyl (C=O) groups is 1. The fraction of sp³-hybridized carbons (Fsp3) is 0.562. The smallest absolute Gasteiger partial charge is 0.332 e. The molecule has 0 spiro atoms. The summed E-state index contributed by atoms with van der Waals surface area (Å²) in [4.78, 5) is 11.6. The van der Waals surface area contributed by atoms with Crippen LogP contribution in [-0.4, -0.2) is 25.5 Å². The van der Waals surface area contributed by atoms with E-state index in [4.69, 9.17) is 4.43 Å². The van der Waals surface area contributed by atoms with E-state index in [2.05, 4.69) is 33.9 Å². The summed E-state index contributed by atoms with van der Waals surface area (Å²) in [5.41, 5.74) is 0.999. The first kappa shape index (κ1) is 16.9. The maximum absolute atomic E-state index is 11.6. The molecule has 0 aliphatic heterocycles. The van der Waals surface area contributed by atoms with Crippen molar-refractivity contribution in [3.8, 4) is 0 Å². The second-order valence-corrected chi connectivity index (χ2v) is 11.6. The van der Waals surface area contributed by atoms with Gasteiger partial charge < -0.3 is 9.53 Å². The van der Waals surface area contributed by atoms with Gasteiger partial charge in [-0.2, -0.15) is 0 Å². The Hall–Kier alpha value is -1.13. The Morgan fingerprint density at radius 3 is 2.10 bits per heavy atom. The molecule has 1 aromatic carbocycles. The quantitative estimate of drug-likeness (QED) is 0.825. The predicted molar refractivity (Wildman–Crippen MR) is 84.6 cm³/mol. The zero-order chi connectivity index (χ0) is 15.6. The van der Waals surface area contributed by atoms with Crippen molar-refractivity contribution in [1.82, 2.24) is 0 Å². The van der Waals surface area contributed by atoms with Gasteiger partial charge in [0.1, 0.15) is 6.10 Å². The van der Waals surface area contributed by atoms with Crippen LogP contribution in [0.15, 0.2) is 30.3 Å². The van der Waals surface area contributed by atoms with Crippen molar-refractivity contribution >= 4 is 14.3 Å². The van der Waals surface area contributed by atoms with Gasteiger partial charge in [-0.3, -0.25) is 0 Å². The Labute approximate surface area is 123 Å². The van der Waals surface area contributed by atoms with Gasteiger partial charge in [-0.1, -0.05) is 58.0 Å². The Morgan fingerprint density at radius 1 is 1.20 bits per heavy atom. The number of benzene rings is 1. The van der Waals surface area contributed by atoms with Crippen molar-refractivity contribution in [3.05, 3.63) is 35.9 Å². The third-order valence-corrected chi connectivity index (χ3v) is 8.71. The molecule has 2 atom stereocenters. The summed E-state index contributed by atoms with van der Waals surface area (Å²) in [5.74, 6) is -1.05. The lowest BCUT2D eigenvalue weighted by Crippen LogP contribution is -2.47. The van der Waals surface area contributed by atoms with E-state index in [1.54, 1.807) is 0 Å². The molecule has 112 valence electrons. The van der Waals surface area contributed by atoms with Gasteiger partial charge in [0.2, 0.25) is 0 Å². The molecule has 3 nitrogen and oxygen atoms in total. The van der Waals surface area contributed by atoms with Gasteiger partial charge in [0, 0.05) is 5.92 Å². The van der Waals surface area contributed by atoms with Crippen LogP contribution in [0.4, 0.5) is 0 Å². The minimum atomic E-state index is -2.11. The molecular weight excluding hydrogens is 268 g/mol. The summed E-state index contributed by atoms with van der Waals surface area (Å²) in [7, 11) is -2.11. The summed E-state index contributed by atoms with van der Waals surface area (Å²) in [6.45, 7) is 12.4. The van der Waals surface area contributed by atoms with E-state index in [0.717, 1.165) is 5.56 Å². The van der Waals surface area contributed by atoms with Gasteiger partial charge in [0.15, 0.2) is 8.32 Å². The molecule has 1 N–H and O–H groups in total. The van der Waals surface area contributed by atoms with Gasteiger partial charge in [-0.05, 0) is 23.7 Å². The van der Waals surface area contributed by atoms with Crippen LogP contribution in [0.1, 0.15) is 39.2 Å². The second kappa shape index (κ2) is 6.10. The van der Waals surface area contributed by atoms with Crippen LogP contribution in [0.3, 0.4) is 0 Å². The SMILES string of the molecule is C[C@H](c1ccccc1)[C@@H](O[Si](C)(C)C(C)(C)C)C(=O)O. The Kier molecular flexibility index (Phi) is 5.16. The van der Waals surface area contributed by atoms with Gasteiger partial charge in [-0.15, -0.1) is 0 Å². The third-order valence-electron chi connectivity index (χ3n) is 4.25. The van der Waals surface area contributed by atoms with Crippen LogP contribution < -0.4 is 0 Å². The Morgan fingerprint density at radius 2 is 1.70 bits per heavy atom. The molecule has 0 saturated carbocycles. The van der Waals surface area contributed by atoms with Crippen LogP contribution in [-0.2, 0) is 9.22 Å². The summed E-state index contributed by atoms with van der Waals surface area (Å²) in [5, 5.41) is 9.53. The summed E-state index contributed by atoms with van der Waals surface area (Å²) < 4.78 is 6.12. The molecule has 0 fully saturated rings. The summed E-state index contributed by atoms with van der Waals surface area (Å²) >= 11 is 0. The van der Waals surface area contributed by atoms with Crippen LogP contribution in [0.5, 0.6) is 0 Å². The molecule has 0 bridgehead atoms. The maximum atomic E-state index is 11.6. The molecular formula is C16H26O3Si. The van der Waals surface area contributed by atoms with E-state index in [0.29, 0.717) is 0 Å². The van der Waals surface area contributed by atoms with E-state index in [1.807, 2.05) is 37.3 Å². The molecule has 0 aliphatic rings. The van der Waals surface area contributed by atoms with E-state index in [1.165, 1.54) is 0 Å². The van der Waals surface area contributed by atoms with Crippen molar-refractivity contribution in [3.63, 3.8) is 0 Å². The average molecular weight is 294 g/mol. The van der Waals surface area contributed by atoms with E-state index in [-0.39, 0.29) is 11.0 Å². The minimum absolute atomic E-state index is 0.00287. The summed E-state index contributed by atoms with van der Waals surface area (Å²) in [6, 6.07) is 9.69. The molecule has 0 unspecified atom stereocenters. The van der Waals surface area contributed by atoms with Gasteiger partial charge in [0.05, 0.1) is 0 Å². The number of rotatable bonds is 5. The van der Waals surface area contributed by atoms with Crippen molar-refractivity contribution < 1.29 is 14.3 Å². The monoisotopic (exact) mass is 294 g/mol. The molecule has 0 heterocycles. The van der Waals surface area contributed by atoms with Crippen LogP contribution in [0.25, 0.3) is 0 Å². The van der Waals surface area contributed by atoms with E-state index < -0.39 is 20.4 Å². The molecule has 1 rings (SSSR count). The van der Waals surface area contributed by atoms with Crippen molar-refractivity contribution in [2.24, 2.45) is 0 Å². The van der Waals surface area contributed by atoms with Crippen LogP contribution in [0, 0.1) is 0 Å². The number of carboxylic acid groups (broad SMARTS) is 1. The molecule has 0 saturated heterocycles. The lowest BCUT2D eigenvalue weighted by molar-refractivity contribution is -0.146. The van der Waals surface area contributed by atoms with Crippen LogP contribution in [0.2, 0.25) is 18.1 Å². The molecule has 0 radical (unpaired) electrons. The maximum Gasteiger partial charge on any atom is 0.332 e. The standard InChI is InChI=1S/C16H26O3Si/c1-12(13-10-8-7-9-11-13)14(15(17)18)19-20(5,6)16(2,3)4/h7-12,14H,1-6H3,(H,17,18)/t12-,14-/m1/s1. The zero-order valence-corrected chi connectivity index (χ0v) is 14.3. The highest BCUT2D eigenvalue weighted by molar-refractivity contribution is 6.74. The largest absolute Gasteiger partial charge is 0.479 e. The van der Waals surface area contributed by atoms with Crippen molar-refractivity contribution in [1.29, 1.82) is 0 Å². The zero-order valence-electron chi connectivity index (χ0n) is 13.3. The number of hydrogen-bond donors (Lipinski definition) is 1. The highest BCUT2D eigenvalue weighted by Crippen LogP contribution is 2.39. The van der Waals surface area contributed by atoms with Gasteiger partial charge in [-0.25, -0.2) is 4.79 Å². The first-order valence-corrected chi connectivity index (χ1v) is 9.92. The highest BCUT2D eigenvalue weighted by atomic mass is 28.4. The first-order valence-electron chi connectivity index (χ1n) is 7.02. The third kappa shape index (κ3) is 3.93. The second-order valence-electron chi connectivity index (χ2n) is 6.84. The summed E-state index contributed by atoms with van der Waals surface area (Å²) in [6.07, 6.45) is -0.793. The fourth-order valence-corrected chi connectivity index (χ4v) is 3.09. The average Bonchev–Trinajstić information content (AvgIpc) is 2.34. The Bertz CT molecular complexity index is 449. The molecule has 0 amide bonds. The fourth-order valence-electron chi connectivity index (χ4n) is 1.79. The number of hydrogen-bond acceptors (Lipinski definition) is 2. The predicted octanol–water partition coefficient (Wildman–Crippen LogP) is 4.27. The van der Waals surface area contributed by atoms with Gasteiger partial charge in [0.25, 0.3) is 0 Å². The van der Waals surface area contributed by atoms with Gasteiger partial charge >= 0.3 is 5.97 Å². The Balaban J connectivity index is 2.99. The topological polar surface area (TPSA) is 46.5 Å². The highest BCUT2D eigenvalue weighted by Gasteiger charge is 2.42. The minimum Gasteiger partial charge on any atom is -0.479 e. The van der Waals surface area contributed by atoms with Crippen molar-refractivity contribution in [2.75, 3.05) is 0 Å². The molecule has 1 aromatic rings. The number of aliphatic carboxylic acids is 1. The normalized spacial score (nSPS) is 15.7. The molecule has 20 heavy (non-hydrogen) atoms. The molecule has 0 aliphatic carbocycles. The molecule has 0 aromatic heterocycles. The van der Waals surface area contributed by atoms with E-state index in [9.17, 15) is 9.90 Å². The van der Waals surface area contributed by atoms with Crippen molar-refractivity contribution in [2.45, 2.75) is 57.8 Å². The molecule has 4 heteroatoms.